The Morgan fingerprint density at radius 2 is 2.00 bits per heavy atom. The lowest BCUT2D eigenvalue weighted by Crippen LogP contribution is -2.43. The van der Waals surface area contributed by atoms with Crippen LogP contribution in [0.15, 0.2) is 0 Å². The Bertz CT molecular complexity index is 215. The van der Waals surface area contributed by atoms with Crippen molar-refractivity contribution in [1.29, 1.82) is 0 Å². The monoisotopic (exact) mass is 169 g/mol. The number of carbonyl (C=O) groups is 2. The van der Waals surface area contributed by atoms with Crippen molar-refractivity contribution in [2.75, 3.05) is 18.1 Å². The minimum absolute atomic E-state index is 0.109. The van der Waals surface area contributed by atoms with Gasteiger partial charge in [-0.15, -0.1) is 18.2 Å². The lowest BCUT2D eigenvalue weighted by Gasteiger charge is -2.21. The highest BCUT2D eigenvalue weighted by Crippen LogP contribution is 2.11. The summed E-state index contributed by atoms with van der Waals surface area (Å²) in [7, 11) is 0. The van der Waals surface area contributed by atoms with Gasteiger partial charge in [0, 0.05) is 0 Å². The van der Waals surface area contributed by atoms with Gasteiger partial charge in [-0.25, -0.2) is 0 Å². The fourth-order valence-corrected chi connectivity index (χ4v) is 1.55. The molecule has 0 aromatic rings. The first kappa shape index (κ1) is 8.15. The minimum atomic E-state index is -0.177. The van der Waals surface area contributed by atoms with Crippen LogP contribution in [-0.2, 0) is 9.59 Å². The molecule has 11 heavy (non-hydrogen) atoms. The molecule has 0 atom stereocenters. The lowest BCUT2D eigenvalue weighted by molar-refractivity contribution is -0.141. The Balaban J connectivity index is 2.64. The van der Waals surface area contributed by atoms with Crippen LogP contribution in [0.3, 0.4) is 0 Å². The van der Waals surface area contributed by atoms with Crippen LogP contribution < -0.4 is 0 Å². The van der Waals surface area contributed by atoms with Gasteiger partial charge in [-0.2, -0.15) is 0 Å². The summed E-state index contributed by atoms with van der Waals surface area (Å²) in [5.74, 6) is 2.66. The van der Waals surface area contributed by atoms with Gasteiger partial charge in [0.05, 0.1) is 18.1 Å². The Hall–Kier alpha value is -0.950. The summed E-state index contributed by atoms with van der Waals surface area (Å²) in [4.78, 5) is 23.1. The zero-order valence-corrected chi connectivity index (χ0v) is 6.69. The van der Waals surface area contributed by atoms with Crippen LogP contribution in [0.5, 0.6) is 0 Å². The van der Waals surface area contributed by atoms with E-state index < -0.39 is 0 Å². The maximum absolute atomic E-state index is 11.0. The van der Waals surface area contributed by atoms with E-state index in [9.17, 15) is 9.59 Å². The number of hydrogen-bond donors (Lipinski definition) is 0. The van der Waals surface area contributed by atoms with Gasteiger partial charge in [0.2, 0.25) is 11.8 Å². The SMILES string of the molecule is C#CCN1C(=O)CSCC1=O. The second-order valence-electron chi connectivity index (χ2n) is 2.07. The number of hydrogen-bond acceptors (Lipinski definition) is 3. The summed E-state index contributed by atoms with van der Waals surface area (Å²) >= 11 is 1.33. The van der Waals surface area contributed by atoms with Gasteiger partial charge in [-0.1, -0.05) is 5.92 Å². The first-order valence-corrected chi connectivity index (χ1v) is 4.25. The largest absolute Gasteiger partial charge is 0.273 e. The third-order valence-electron chi connectivity index (χ3n) is 1.30. The molecule has 0 spiro atoms. The van der Waals surface area contributed by atoms with Crippen molar-refractivity contribution in [3.05, 3.63) is 0 Å². The topological polar surface area (TPSA) is 37.4 Å². The first-order valence-electron chi connectivity index (χ1n) is 3.10. The molecule has 0 aromatic heterocycles. The number of nitrogens with zero attached hydrogens (tertiary/aromatic N) is 1. The van der Waals surface area contributed by atoms with E-state index in [2.05, 4.69) is 5.92 Å². The molecule has 58 valence electrons. The highest BCUT2D eigenvalue weighted by molar-refractivity contribution is 8.00. The molecule has 0 N–H and O–H groups in total. The fraction of sp³-hybridized carbons (Fsp3) is 0.429. The number of rotatable bonds is 1. The van der Waals surface area contributed by atoms with E-state index in [0.717, 1.165) is 4.90 Å². The Morgan fingerprint density at radius 1 is 1.45 bits per heavy atom. The molecule has 1 fully saturated rings. The van der Waals surface area contributed by atoms with E-state index >= 15 is 0 Å². The smallest absolute Gasteiger partial charge is 0.240 e. The summed E-state index contributed by atoms with van der Waals surface area (Å²) in [5, 5.41) is 0. The van der Waals surface area contributed by atoms with Gasteiger partial charge in [0.15, 0.2) is 0 Å². The molecule has 2 amide bonds. The van der Waals surface area contributed by atoms with Gasteiger partial charge in [0.1, 0.15) is 0 Å². The molecule has 1 aliphatic rings. The fourth-order valence-electron chi connectivity index (χ4n) is 0.788. The van der Waals surface area contributed by atoms with E-state index in [1.54, 1.807) is 0 Å². The van der Waals surface area contributed by atoms with Crippen LogP contribution in [0.25, 0.3) is 0 Å². The molecule has 0 unspecified atom stereocenters. The summed E-state index contributed by atoms with van der Waals surface area (Å²) in [5.41, 5.74) is 0. The first-order chi connectivity index (χ1) is 5.25. The zero-order chi connectivity index (χ0) is 8.27. The van der Waals surface area contributed by atoms with Crippen molar-refractivity contribution < 1.29 is 9.59 Å². The predicted molar refractivity (Wildman–Crippen MR) is 42.9 cm³/mol. The summed E-state index contributed by atoms with van der Waals surface area (Å²) < 4.78 is 0. The van der Waals surface area contributed by atoms with Crippen molar-refractivity contribution in [1.82, 2.24) is 4.90 Å². The van der Waals surface area contributed by atoms with Crippen LogP contribution in [0.2, 0.25) is 0 Å². The van der Waals surface area contributed by atoms with Crippen LogP contribution in [0.1, 0.15) is 0 Å². The summed E-state index contributed by atoms with van der Waals surface area (Å²) in [6.07, 6.45) is 4.98. The average molecular weight is 169 g/mol. The van der Waals surface area contributed by atoms with Gasteiger partial charge in [-0.3, -0.25) is 14.5 Å². The van der Waals surface area contributed by atoms with E-state index in [0.29, 0.717) is 11.5 Å². The number of imide groups is 1. The maximum Gasteiger partial charge on any atom is 0.240 e. The van der Waals surface area contributed by atoms with Gasteiger partial charge in [0.25, 0.3) is 0 Å². The molecule has 3 nitrogen and oxygen atoms in total. The molecule has 4 heteroatoms. The molecule has 1 saturated heterocycles. The van der Waals surface area contributed by atoms with Crippen LogP contribution >= 0.6 is 11.8 Å². The van der Waals surface area contributed by atoms with Crippen molar-refractivity contribution in [2.45, 2.75) is 0 Å². The van der Waals surface area contributed by atoms with E-state index in [-0.39, 0.29) is 18.4 Å². The average Bonchev–Trinajstić information content (AvgIpc) is 1.97. The van der Waals surface area contributed by atoms with Crippen molar-refractivity contribution in [3.63, 3.8) is 0 Å². The minimum Gasteiger partial charge on any atom is -0.273 e. The molecule has 1 heterocycles. The van der Waals surface area contributed by atoms with E-state index in [1.807, 2.05) is 0 Å². The molecule has 0 aromatic carbocycles. The molecule has 1 rings (SSSR count). The Labute approximate surface area is 69.1 Å². The zero-order valence-electron chi connectivity index (χ0n) is 5.87. The number of amides is 2. The van der Waals surface area contributed by atoms with Crippen molar-refractivity contribution in [2.24, 2.45) is 0 Å². The quantitative estimate of drug-likeness (QED) is 0.400. The van der Waals surface area contributed by atoms with E-state index in [1.165, 1.54) is 11.8 Å². The van der Waals surface area contributed by atoms with E-state index in [4.69, 9.17) is 6.42 Å². The van der Waals surface area contributed by atoms with Crippen molar-refractivity contribution >= 4 is 23.6 Å². The molecule has 0 saturated carbocycles. The van der Waals surface area contributed by atoms with Gasteiger partial charge in [-0.05, 0) is 0 Å². The molecule has 0 aliphatic carbocycles. The second-order valence-corrected chi connectivity index (χ2v) is 3.06. The van der Waals surface area contributed by atoms with Gasteiger partial charge < -0.3 is 0 Å². The highest BCUT2D eigenvalue weighted by atomic mass is 32.2. The second kappa shape index (κ2) is 3.44. The normalized spacial score (nSPS) is 18.3. The Kier molecular flexibility index (Phi) is 2.55. The maximum atomic E-state index is 11.0. The van der Waals surface area contributed by atoms with Crippen LogP contribution in [-0.4, -0.2) is 34.8 Å². The third kappa shape index (κ3) is 1.75. The number of carbonyl (C=O) groups excluding carboxylic acids is 2. The summed E-state index contributed by atoms with van der Waals surface area (Å²) in [6.45, 7) is 0.109. The molecule has 1 aliphatic heterocycles. The number of thioether (sulfide) groups is 1. The molecule has 0 radical (unpaired) electrons. The van der Waals surface area contributed by atoms with Gasteiger partial charge >= 0.3 is 0 Å². The third-order valence-corrected chi connectivity index (χ3v) is 2.20. The molecule has 0 bridgehead atoms. The predicted octanol–water partition coefficient (Wildman–Crippen LogP) is -0.278. The van der Waals surface area contributed by atoms with Crippen LogP contribution in [0, 0.1) is 12.3 Å². The highest BCUT2D eigenvalue weighted by Gasteiger charge is 2.24. The standard InChI is InChI=1S/C7H7NO2S/c1-2-3-8-6(9)4-11-5-7(8)10/h1H,3-5H2. The lowest BCUT2D eigenvalue weighted by atomic mass is 10.4. The number of terminal acetylenes is 1. The molecular formula is C7H7NO2S. The molecular weight excluding hydrogens is 162 g/mol. The van der Waals surface area contributed by atoms with Crippen LogP contribution in [0.4, 0.5) is 0 Å². The Morgan fingerprint density at radius 3 is 2.45 bits per heavy atom. The van der Waals surface area contributed by atoms with Crippen molar-refractivity contribution in [3.8, 4) is 12.3 Å². The summed E-state index contributed by atoms with van der Waals surface area (Å²) in [6, 6.07) is 0.